The summed E-state index contributed by atoms with van der Waals surface area (Å²) in [6, 6.07) is 4.68. The van der Waals surface area contributed by atoms with E-state index in [1.54, 1.807) is 6.92 Å². The van der Waals surface area contributed by atoms with Gasteiger partial charge in [0.15, 0.2) is 0 Å². The van der Waals surface area contributed by atoms with Crippen LogP contribution in [0.15, 0.2) is 24.3 Å². The van der Waals surface area contributed by atoms with Gasteiger partial charge in [0.25, 0.3) is 5.91 Å². The Morgan fingerprint density at radius 3 is 2.36 bits per heavy atom. The summed E-state index contributed by atoms with van der Waals surface area (Å²) in [7, 11) is 2.84. The first kappa shape index (κ1) is 16.4. The quantitative estimate of drug-likeness (QED) is 0.805. The largest absolute Gasteiger partial charge is 0.416 e. The molecule has 118 valence electrons. The molecule has 0 aliphatic rings. The van der Waals surface area contributed by atoms with Crippen molar-refractivity contribution in [2.45, 2.75) is 13.1 Å². The summed E-state index contributed by atoms with van der Waals surface area (Å²) in [6.07, 6.45) is -4.38. The monoisotopic (exact) mass is 330 g/mol. The Morgan fingerprint density at radius 1 is 1.27 bits per heavy atom. The molecule has 1 amide bonds. The minimum absolute atomic E-state index is 0.351. The molecular formula is C14H13F3N2O2S. The lowest BCUT2D eigenvalue weighted by Gasteiger charge is -2.11. The van der Waals surface area contributed by atoms with Gasteiger partial charge in [-0.15, -0.1) is 11.3 Å². The molecule has 1 aromatic carbocycles. The highest BCUT2D eigenvalue weighted by molar-refractivity contribution is 7.17. The normalized spacial score (nSPS) is 11.5. The van der Waals surface area contributed by atoms with E-state index < -0.39 is 11.7 Å². The van der Waals surface area contributed by atoms with E-state index in [0.717, 1.165) is 28.5 Å². The minimum atomic E-state index is -4.38. The Hall–Kier alpha value is -1.93. The van der Waals surface area contributed by atoms with Crippen molar-refractivity contribution in [3.05, 3.63) is 40.4 Å². The smallest absolute Gasteiger partial charge is 0.274 e. The fraction of sp³-hybridized carbons (Fsp3) is 0.286. The number of carbonyl (C=O) groups excluding carboxylic acids is 1. The van der Waals surface area contributed by atoms with E-state index in [-0.39, 0.29) is 5.91 Å². The summed E-state index contributed by atoms with van der Waals surface area (Å²) in [5.41, 5.74) is 0.314. The third kappa shape index (κ3) is 3.28. The van der Waals surface area contributed by atoms with E-state index in [0.29, 0.717) is 21.1 Å². The number of hydrogen-bond donors (Lipinski definition) is 0. The van der Waals surface area contributed by atoms with Gasteiger partial charge in [0, 0.05) is 12.6 Å². The van der Waals surface area contributed by atoms with E-state index in [1.165, 1.54) is 26.3 Å². The van der Waals surface area contributed by atoms with E-state index in [4.69, 9.17) is 4.84 Å². The molecule has 8 heteroatoms. The van der Waals surface area contributed by atoms with Crippen molar-refractivity contribution in [2.24, 2.45) is 0 Å². The second-order valence-electron chi connectivity index (χ2n) is 4.49. The standard InChI is InChI=1S/C14H13F3N2O2S/c1-8-11(13(20)19(2)21-3)22-12(18-8)9-4-6-10(7-5-9)14(15,16)17/h4-7H,1-3H3. The van der Waals surface area contributed by atoms with Crippen LogP contribution in [0.5, 0.6) is 0 Å². The summed E-state index contributed by atoms with van der Waals surface area (Å²) in [6.45, 7) is 1.67. The number of benzene rings is 1. The fourth-order valence-electron chi connectivity index (χ4n) is 1.75. The van der Waals surface area contributed by atoms with Crippen LogP contribution in [-0.4, -0.2) is 30.1 Å². The van der Waals surface area contributed by atoms with Crippen LogP contribution in [0, 0.1) is 6.92 Å². The predicted molar refractivity (Wildman–Crippen MR) is 76.4 cm³/mol. The average Bonchev–Trinajstić information content (AvgIpc) is 2.87. The maximum atomic E-state index is 12.5. The summed E-state index contributed by atoms with van der Waals surface area (Å²) in [5.74, 6) is -0.351. The Kier molecular flexibility index (Phi) is 4.52. The van der Waals surface area contributed by atoms with E-state index >= 15 is 0 Å². The summed E-state index contributed by atoms with van der Waals surface area (Å²) >= 11 is 1.11. The number of carbonyl (C=O) groups is 1. The van der Waals surface area contributed by atoms with Crippen LogP contribution >= 0.6 is 11.3 Å². The number of aromatic nitrogens is 1. The number of thiazole rings is 1. The van der Waals surface area contributed by atoms with Crippen LogP contribution in [-0.2, 0) is 11.0 Å². The van der Waals surface area contributed by atoms with Gasteiger partial charge in [-0.05, 0) is 19.1 Å². The highest BCUT2D eigenvalue weighted by Gasteiger charge is 2.30. The number of nitrogens with zero attached hydrogens (tertiary/aromatic N) is 2. The van der Waals surface area contributed by atoms with Crippen molar-refractivity contribution in [3.8, 4) is 10.6 Å². The van der Waals surface area contributed by atoms with Gasteiger partial charge in [-0.25, -0.2) is 10.0 Å². The van der Waals surface area contributed by atoms with Gasteiger partial charge >= 0.3 is 6.18 Å². The second kappa shape index (κ2) is 6.05. The van der Waals surface area contributed by atoms with Crippen molar-refractivity contribution >= 4 is 17.2 Å². The Bertz CT molecular complexity index is 680. The zero-order valence-electron chi connectivity index (χ0n) is 12.1. The van der Waals surface area contributed by atoms with Crippen LogP contribution in [0.4, 0.5) is 13.2 Å². The number of rotatable bonds is 3. The molecular weight excluding hydrogens is 317 g/mol. The SMILES string of the molecule is CON(C)C(=O)c1sc(-c2ccc(C(F)(F)F)cc2)nc1C. The molecule has 0 spiro atoms. The summed E-state index contributed by atoms with van der Waals surface area (Å²) in [5, 5.41) is 1.55. The third-order valence-electron chi connectivity index (χ3n) is 3.01. The summed E-state index contributed by atoms with van der Waals surface area (Å²) < 4.78 is 37.6. The molecule has 0 radical (unpaired) electrons. The number of alkyl halides is 3. The van der Waals surface area contributed by atoms with Gasteiger partial charge in [0.05, 0.1) is 18.4 Å². The van der Waals surface area contributed by atoms with E-state index in [1.807, 2.05) is 0 Å². The molecule has 0 fully saturated rings. The molecule has 1 aromatic heterocycles. The van der Waals surface area contributed by atoms with Crippen molar-refractivity contribution in [1.29, 1.82) is 0 Å². The van der Waals surface area contributed by atoms with Crippen molar-refractivity contribution in [2.75, 3.05) is 14.2 Å². The lowest BCUT2D eigenvalue weighted by Crippen LogP contribution is -2.25. The molecule has 2 rings (SSSR count). The zero-order valence-corrected chi connectivity index (χ0v) is 12.9. The fourth-order valence-corrected chi connectivity index (χ4v) is 2.79. The molecule has 0 atom stereocenters. The Balaban J connectivity index is 2.33. The molecule has 0 saturated carbocycles. The molecule has 0 saturated heterocycles. The molecule has 2 aromatic rings. The number of halogens is 3. The molecule has 0 bridgehead atoms. The highest BCUT2D eigenvalue weighted by atomic mass is 32.1. The van der Waals surface area contributed by atoms with Gasteiger partial charge in [0.2, 0.25) is 0 Å². The van der Waals surface area contributed by atoms with Crippen LogP contribution < -0.4 is 0 Å². The van der Waals surface area contributed by atoms with Gasteiger partial charge in [0.1, 0.15) is 9.88 Å². The van der Waals surface area contributed by atoms with Crippen molar-refractivity contribution in [3.63, 3.8) is 0 Å². The highest BCUT2D eigenvalue weighted by Crippen LogP contribution is 2.33. The Morgan fingerprint density at radius 2 is 1.86 bits per heavy atom. The van der Waals surface area contributed by atoms with Crippen LogP contribution in [0.2, 0.25) is 0 Å². The molecule has 0 aliphatic carbocycles. The van der Waals surface area contributed by atoms with Gasteiger partial charge in [-0.2, -0.15) is 13.2 Å². The molecule has 22 heavy (non-hydrogen) atoms. The Labute approximate surface area is 129 Å². The number of aryl methyl sites for hydroxylation is 1. The van der Waals surface area contributed by atoms with Gasteiger partial charge < -0.3 is 0 Å². The molecule has 0 aliphatic heterocycles. The number of hydrogen-bond acceptors (Lipinski definition) is 4. The molecule has 4 nitrogen and oxygen atoms in total. The average molecular weight is 330 g/mol. The van der Waals surface area contributed by atoms with E-state index in [2.05, 4.69) is 4.98 Å². The third-order valence-corrected chi connectivity index (χ3v) is 4.20. The second-order valence-corrected chi connectivity index (χ2v) is 5.49. The van der Waals surface area contributed by atoms with Crippen molar-refractivity contribution in [1.82, 2.24) is 10.0 Å². The van der Waals surface area contributed by atoms with Crippen molar-refractivity contribution < 1.29 is 22.8 Å². The first-order valence-corrected chi connectivity index (χ1v) is 7.03. The lowest BCUT2D eigenvalue weighted by atomic mass is 10.1. The summed E-state index contributed by atoms with van der Waals surface area (Å²) in [4.78, 5) is 21.5. The topological polar surface area (TPSA) is 42.4 Å². The van der Waals surface area contributed by atoms with Crippen LogP contribution in [0.25, 0.3) is 10.6 Å². The zero-order chi connectivity index (χ0) is 16.5. The maximum Gasteiger partial charge on any atom is 0.416 e. The molecule has 1 heterocycles. The molecule has 0 unspecified atom stereocenters. The van der Waals surface area contributed by atoms with Crippen LogP contribution in [0.1, 0.15) is 20.9 Å². The lowest BCUT2D eigenvalue weighted by molar-refractivity contribution is -0.137. The van der Waals surface area contributed by atoms with Crippen LogP contribution in [0.3, 0.4) is 0 Å². The first-order chi connectivity index (χ1) is 10.2. The van der Waals surface area contributed by atoms with E-state index in [9.17, 15) is 18.0 Å². The number of amides is 1. The maximum absolute atomic E-state index is 12.5. The minimum Gasteiger partial charge on any atom is -0.274 e. The molecule has 0 N–H and O–H groups in total. The predicted octanol–water partition coefficient (Wildman–Crippen LogP) is 3.77. The van der Waals surface area contributed by atoms with Gasteiger partial charge in [-0.1, -0.05) is 12.1 Å². The first-order valence-electron chi connectivity index (χ1n) is 6.21. The van der Waals surface area contributed by atoms with Gasteiger partial charge in [-0.3, -0.25) is 9.63 Å². The number of hydroxylamine groups is 2.